The SMILES string of the molecule is COC(=O)c1cc2ccccc2c(-c2c(OCC(=O)Cl)c(C(=O)OC)cc3ccccc23)c1OCC(=O)Cl. The van der Waals surface area contributed by atoms with E-state index in [-0.39, 0.29) is 22.6 Å². The molecule has 4 rings (SSSR count). The van der Waals surface area contributed by atoms with Gasteiger partial charge in [-0.25, -0.2) is 9.59 Å². The van der Waals surface area contributed by atoms with Crippen molar-refractivity contribution in [3.8, 4) is 22.6 Å². The summed E-state index contributed by atoms with van der Waals surface area (Å²) in [6.07, 6.45) is 0. The fourth-order valence-corrected chi connectivity index (χ4v) is 4.34. The molecule has 0 fully saturated rings. The van der Waals surface area contributed by atoms with Crippen LogP contribution in [0.2, 0.25) is 0 Å². The monoisotopic (exact) mass is 554 g/mol. The average molecular weight is 555 g/mol. The van der Waals surface area contributed by atoms with Crippen LogP contribution in [0.25, 0.3) is 32.7 Å². The molecule has 0 heterocycles. The minimum atomic E-state index is -0.808. The molecule has 10 heteroatoms. The molecule has 0 aromatic heterocycles. The molecule has 8 nitrogen and oxygen atoms in total. The lowest BCUT2D eigenvalue weighted by atomic mass is 9.88. The Morgan fingerprint density at radius 1 is 0.632 bits per heavy atom. The highest BCUT2D eigenvalue weighted by Gasteiger charge is 2.29. The first kappa shape index (κ1) is 26.9. The highest BCUT2D eigenvalue weighted by Crippen LogP contribution is 2.48. The van der Waals surface area contributed by atoms with Crippen LogP contribution in [0.5, 0.6) is 11.5 Å². The molecule has 0 amide bonds. The molecule has 194 valence electrons. The van der Waals surface area contributed by atoms with Gasteiger partial charge in [0.15, 0.2) is 13.2 Å². The first-order valence-electron chi connectivity index (χ1n) is 11.2. The number of halogens is 2. The fraction of sp³-hybridized carbons (Fsp3) is 0.143. The molecule has 4 aromatic rings. The van der Waals surface area contributed by atoms with Crippen molar-refractivity contribution in [2.75, 3.05) is 27.4 Å². The molecule has 0 saturated heterocycles. The third-order valence-electron chi connectivity index (χ3n) is 5.72. The van der Waals surface area contributed by atoms with Crippen LogP contribution in [0.15, 0.2) is 60.7 Å². The first-order chi connectivity index (χ1) is 18.3. The van der Waals surface area contributed by atoms with Crippen molar-refractivity contribution in [2.45, 2.75) is 0 Å². The number of ether oxygens (including phenoxy) is 4. The number of carbonyl (C=O) groups is 4. The molecule has 0 atom stereocenters. The lowest BCUT2D eigenvalue weighted by Crippen LogP contribution is -2.14. The van der Waals surface area contributed by atoms with Crippen LogP contribution >= 0.6 is 23.2 Å². The van der Waals surface area contributed by atoms with Crippen LogP contribution < -0.4 is 9.47 Å². The Kier molecular flexibility index (Phi) is 8.14. The maximum absolute atomic E-state index is 12.9. The highest BCUT2D eigenvalue weighted by atomic mass is 35.5. The van der Waals surface area contributed by atoms with Crippen molar-refractivity contribution >= 4 is 67.2 Å². The zero-order valence-electron chi connectivity index (χ0n) is 20.2. The van der Waals surface area contributed by atoms with E-state index in [1.165, 1.54) is 14.2 Å². The third-order valence-corrected chi connectivity index (χ3v) is 5.94. The van der Waals surface area contributed by atoms with Crippen molar-refractivity contribution in [1.29, 1.82) is 0 Å². The summed E-state index contributed by atoms with van der Waals surface area (Å²) in [6.45, 7) is -1.14. The summed E-state index contributed by atoms with van der Waals surface area (Å²) in [5.41, 5.74) is 0.623. The van der Waals surface area contributed by atoms with Gasteiger partial charge >= 0.3 is 11.9 Å². The van der Waals surface area contributed by atoms with E-state index in [1.54, 1.807) is 60.7 Å². The van der Waals surface area contributed by atoms with Crippen LogP contribution in [-0.4, -0.2) is 49.9 Å². The number of hydrogen-bond acceptors (Lipinski definition) is 8. The second-order valence-corrected chi connectivity index (χ2v) is 8.81. The van der Waals surface area contributed by atoms with E-state index in [0.29, 0.717) is 32.7 Å². The Bertz CT molecular complexity index is 1480. The molecule has 0 spiro atoms. The Morgan fingerprint density at radius 3 is 1.34 bits per heavy atom. The Labute approximate surface area is 226 Å². The van der Waals surface area contributed by atoms with Crippen LogP contribution in [0.4, 0.5) is 0 Å². The summed E-state index contributed by atoms with van der Waals surface area (Å²) in [5.74, 6) is -1.53. The van der Waals surface area contributed by atoms with Gasteiger partial charge in [-0.05, 0) is 56.9 Å². The molecule has 0 bridgehead atoms. The molecular weight excluding hydrogens is 535 g/mol. The molecule has 4 aromatic carbocycles. The molecule has 38 heavy (non-hydrogen) atoms. The molecule has 0 aliphatic rings. The van der Waals surface area contributed by atoms with Gasteiger partial charge in [0.2, 0.25) is 0 Å². The Balaban J connectivity index is 2.26. The summed E-state index contributed by atoms with van der Waals surface area (Å²) >= 11 is 11.2. The largest absolute Gasteiger partial charge is 0.483 e. The smallest absolute Gasteiger partial charge is 0.341 e. The number of benzene rings is 4. The van der Waals surface area contributed by atoms with Crippen molar-refractivity contribution in [2.24, 2.45) is 0 Å². The van der Waals surface area contributed by atoms with Crippen LogP contribution in [0.3, 0.4) is 0 Å². The molecule has 0 aliphatic carbocycles. The summed E-state index contributed by atoms with van der Waals surface area (Å²) in [7, 11) is 2.42. The number of fused-ring (bicyclic) bond motifs is 2. The molecule has 0 saturated carbocycles. The van der Waals surface area contributed by atoms with E-state index < -0.39 is 35.6 Å². The number of rotatable bonds is 9. The molecule has 0 radical (unpaired) electrons. The quantitative estimate of drug-likeness (QED) is 0.196. The topological polar surface area (TPSA) is 105 Å². The summed E-state index contributed by atoms with van der Waals surface area (Å²) < 4.78 is 21.6. The van der Waals surface area contributed by atoms with E-state index in [9.17, 15) is 19.2 Å². The van der Waals surface area contributed by atoms with Gasteiger partial charge in [0.1, 0.15) is 22.6 Å². The highest BCUT2D eigenvalue weighted by molar-refractivity contribution is 6.64. The predicted octanol–water partition coefficient (Wildman–Crippen LogP) is 5.52. The van der Waals surface area contributed by atoms with E-state index in [2.05, 4.69) is 0 Å². The van der Waals surface area contributed by atoms with Crippen molar-refractivity contribution in [3.05, 3.63) is 71.8 Å². The maximum Gasteiger partial charge on any atom is 0.341 e. The second kappa shape index (κ2) is 11.5. The maximum atomic E-state index is 12.9. The minimum absolute atomic E-state index is 0.00559. The first-order valence-corrected chi connectivity index (χ1v) is 11.9. The van der Waals surface area contributed by atoms with Crippen molar-refractivity contribution in [1.82, 2.24) is 0 Å². The zero-order valence-corrected chi connectivity index (χ0v) is 21.7. The van der Waals surface area contributed by atoms with Crippen molar-refractivity contribution < 1.29 is 38.1 Å². The standard InChI is InChI=1S/C28H20Cl2O8/c1-35-27(33)19-11-15-7-3-5-9-17(15)23(25(19)37-13-21(29)31)24-18-10-6-4-8-16(18)12-20(28(34)36-2)26(24)38-14-22(30)32/h3-12H,13-14H2,1-2H3. The predicted molar refractivity (Wildman–Crippen MR) is 142 cm³/mol. The Morgan fingerprint density at radius 2 is 1.00 bits per heavy atom. The van der Waals surface area contributed by atoms with E-state index in [1.807, 2.05) is 0 Å². The molecule has 0 unspecified atom stereocenters. The Hall–Kier alpha value is -4.14. The fourth-order valence-electron chi connectivity index (χ4n) is 4.23. The van der Waals surface area contributed by atoms with Gasteiger partial charge in [0.25, 0.3) is 10.5 Å². The summed E-state index contributed by atoms with van der Waals surface area (Å²) in [4.78, 5) is 49.2. The van der Waals surface area contributed by atoms with E-state index in [4.69, 9.17) is 42.1 Å². The zero-order chi connectivity index (χ0) is 27.4. The number of methoxy groups -OCH3 is 2. The van der Waals surface area contributed by atoms with Gasteiger partial charge in [0, 0.05) is 11.1 Å². The number of carbonyl (C=O) groups excluding carboxylic acids is 4. The van der Waals surface area contributed by atoms with Gasteiger partial charge in [-0.1, -0.05) is 48.5 Å². The third kappa shape index (κ3) is 5.27. The van der Waals surface area contributed by atoms with Crippen LogP contribution in [0.1, 0.15) is 20.7 Å². The normalized spacial score (nSPS) is 10.7. The van der Waals surface area contributed by atoms with Gasteiger partial charge in [-0.15, -0.1) is 0 Å². The number of hydrogen-bond donors (Lipinski definition) is 0. The van der Waals surface area contributed by atoms with E-state index in [0.717, 1.165) is 0 Å². The van der Waals surface area contributed by atoms with Crippen LogP contribution in [0, 0.1) is 0 Å². The summed E-state index contributed by atoms with van der Waals surface area (Å²) in [6, 6.07) is 17.3. The van der Waals surface area contributed by atoms with Gasteiger partial charge in [0.05, 0.1) is 14.2 Å². The van der Waals surface area contributed by atoms with Gasteiger partial charge < -0.3 is 18.9 Å². The van der Waals surface area contributed by atoms with Gasteiger partial charge in [-0.3, -0.25) is 9.59 Å². The number of esters is 2. The molecule has 0 N–H and O–H groups in total. The second-order valence-electron chi connectivity index (χ2n) is 7.97. The van der Waals surface area contributed by atoms with Gasteiger partial charge in [-0.2, -0.15) is 0 Å². The molecular formula is C28H20Cl2O8. The van der Waals surface area contributed by atoms with Crippen molar-refractivity contribution in [3.63, 3.8) is 0 Å². The van der Waals surface area contributed by atoms with Crippen LogP contribution in [-0.2, 0) is 19.1 Å². The lowest BCUT2D eigenvalue weighted by Gasteiger charge is -2.22. The minimum Gasteiger partial charge on any atom is -0.483 e. The average Bonchev–Trinajstić information content (AvgIpc) is 2.92. The lowest BCUT2D eigenvalue weighted by molar-refractivity contribution is -0.114. The van der Waals surface area contributed by atoms with E-state index >= 15 is 0 Å². The summed E-state index contributed by atoms with van der Waals surface area (Å²) in [5, 5.41) is 0.811. The molecule has 0 aliphatic heterocycles.